The number of carbonyl (C=O) groups excluding carboxylic acids is 1. The standard InChI is InChI=1S/C11H10N4OS/c1-15-9-3-2-8(4-7(9)5-12-15)13-11-14-10(16)6-17-11/h2-5H,6H2,1H3,(H,13,14,16). The highest BCUT2D eigenvalue weighted by atomic mass is 32.2. The van der Waals surface area contributed by atoms with Crippen molar-refractivity contribution in [3.8, 4) is 0 Å². The van der Waals surface area contributed by atoms with Gasteiger partial charge in [-0.1, -0.05) is 11.8 Å². The SMILES string of the molecule is Cn1ncc2cc(N=C3NC(=O)CS3)ccc21. The van der Waals surface area contributed by atoms with Crippen LogP contribution in [0.4, 0.5) is 5.69 Å². The molecular weight excluding hydrogens is 236 g/mol. The summed E-state index contributed by atoms with van der Waals surface area (Å²) in [7, 11) is 1.90. The fourth-order valence-electron chi connectivity index (χ4n) is 1.72. The van der Waals surface area contributed by atoms with Crippen molar-refractivity contribution in [3.63, 3.8) is 0 Å². The average Bonchev–Trinajstić information content (AvgIpc) is 2.87. The number of aryl methyl sites for hydroxylation is 1. The van der Waals surface area contributed by atoms with Gasteiger partial charge in [-0.05, 0) is 18.2 Å². The van der Waals surface area contributed by atoms with Crippen molar-refractivity contribution in [2.45, 2.75) is 0 Å². The van der Waals surface area contributed by atoms with Crippen LogP contribution in [-0.2, 0) is 11.8 Å². The first-order chi connectivity index (χ1) is 8.22. The first kappa shape index (κ1) is 10.3. The van der Waals surface area contributed by atoms with Crippen molar-refractivity contribution < 1.29 is 4.79 Å². The summed E-state index contributed by atoms with van der Waals surface area (Å²) in [6, 6.07) is 5.85. The minimum atomic E-state index is 0.0104. The van der Waals surface area contributed by atoms with Crippen LogP contribution in [0.3, 0.4) is 0 Å². The molecule has 3 rings (SSSR count). The van der Waals surface area contributed by atoms with E-state index in [0.29, 0.717) is 10.9 Å². The third kappa shape index (κ3) is 1.91. The van der Waals surface area contributed by atoms with E-state index in [9.17, 15) is 4.79 Å². The van der Waals surface area contributed by atoms with Crippen LogP contribution in [-0.4, -0.2) is 26.6 Å². The van der Waals surface area contributed by atoms with Crippen LogP contribution in [0.2, 0.25) is 0 Å². The Kier molecular flexibility index (Phi) is 2.36. The lowest BCUT2D eigenvalue weighted by Crippen LogP contribution is -2.19. The van der Waals surface area contributed by atoms with Crippen molar-refractivity contribution in [1.82, 2.24) is 15.1 Å². The molecule has 2 heterocycles. The van der Waals surface area contributed by atoms with Crippen LogP contribution >= 0.6 is 11.8 Å². The molecule has 6 heteroatoms. The molecule has 0 spiro atoms. The van der Waals surface area contributed by atoms with Gasteiger partial charge in [0.15, 0.2) is 5.17 Å². The number of carbonyl (C=O) groups is 1. The maximum atomic E-state index is 11.0. The lowest BCUT2D eigenvalue weighted by molar-refractivity contribution is -0.116. The van der Waals surface area contributed by atoms with Crippen molar-refractivity contribution in [2.24, 2.45) is 12.0 Å². The van der Waals surface area contributed by atoms with E-state index < -0.39 is 0 Å². The first-order valence-electron chi connectivity index (χ1n) is 5.15. The summed E-state index contributed by atoms with van der Waals surface area (Å²) in [4.78, 5) is 15.4. The molecule has 0 bridgehead atoms. The summed E-state index contributed by atoms with van der Waals surface area (Å²) < 4.78 is 1.82. The maximum absolute atomic E-state index is 11.0. The molecule has 0 aliphatic carbocycles. The van der Waals surface area contributed by atoms with E-state index in [4.69, 9.17) is 0 Å². The molecule has 1 amide bonds. The minimum absolute atomic E-state index is 0.0104. The van der Waals surface area contributed by atoms with Gasteiger partial charge >= 0.3 is 0 Å². The molecule has 2 aromatic rings. The van der Waals surface area contributed by atoms with Gasteiger partial charge in [0.2, 0.25) is 5.91 Å². The zero-order valence-electron chi connectivity index (χ0n) is 9.17. The summed E-state index contributed by atoms with van der Waals surface area (Å²) in [6.07, 6.45) is 1.80. The molecule has 1 aliphatic rings. The fraction of sp³-hybridized carbons (Fsp3) is 0.182. The topological polar surface area (TPSA) is 59.3 Å². The molecule has 0 saturated carbocycles. The summed E-state index contributed by atoms with van der Waals surface area (Å²) in [5, 5.41) is 8.59. The highest BCUT2D eigenvalue weighted by molar-refractivity contribution is 8.15. The molecule has 1 saturated heterocycles. The number of hydrogen-bond acceptors (Lipinski definition) is 4. The molecule has 1 aliphatic heterocycles. The molecule has 1 fully saturated rings. The number of hydrogen-bond donors (Lipinski definition) is 1. The molecule has 1 N–H and O–H groups in total. The van der Waals surface area contributed by atoms with Crippen LogP contribution in [0.1, 0.15) is 0 Å². The van der Waals surface area contributed by atoms with E-state index in [1.54, 1.807) is 6.20 Å². The van der Waals surface area contributed by atoms with Crippen LogP contribution < -0.4 is 5.32 Å². The smallest absolute Gasteiger partial charge is 0.236 e. The Hall–Kier alpha value is -1.82. The van der Waals surface area contributed by atoms with Crippen LogP contribution in [0.5, 0.6) is 0 Å². The Bertz CT molecular complexity index is 631. The van der Waals surface area contributed by atoms with E-state index in [-0.39, 0.29) is 5.91 Å². The number of rotatable bonds is 1. The van der Waals surface area contributed by atoms with Gasteiger partial charge < -0.3 is 5.32 Å². The largest absolute Gasteiger partial charge is 0.304 e. The van der Waals surface area contributed by atoms with Crippen LogP contribution in [0, 0.1) is 0 Å². The fourth-order valence-corrected chi connectivity index (χ4v) is 2.42. The second-order valence-electron chi connectivity index (χ2n) is 3.77. The number of amides is 1. The third-order valence-electron chi connectivity index (χ3n) is 2.55. The van der Waals surface area contributed by atoms with Gasteiger partial charge in [0, 0.05) is 12.4 Å². The molecule has 5 nitrogen and oxygen atoms in total. The Morgan fingerprint density at radius 1 is 1.53 bits per heavy atom. The minimum Gasteiger partial charge on any atom is -0.304 e. The Morgan fingerprint density at radius 3 is 3.18 bits per heavy atom. The monoisotopic (exact) mass is 246 g/mol. The molecule has 86 valence electrons. The van der Waals surface area contributed by atoms with Gasteiger partial charge in [-0.3, -0.25) is 9.48 Å². The van der Waals surface area contributed by atoms with Gasteiger partial charge in [0.05, 0.1) is 23.2 Å². The zero-order valence-corrected chi connectivity index (χ0v) is 9.99. The first-order valence-corrected chi connectivity index (χ1v) is 6.14. The summed E-state index contributed by atoms with van der Waals surface area (Å²) in [5.74, 6) is 0.463. The third-order valence-corrected chi connectivity index (χ3v) is 3.42. The summed E-state index contributed by atoms with van der Waals surface area (Å²) >= 11 is 1.42. The number of fused-ring (bicyclic) bond motifs is 1. The Morgan fingerprint density at radius 2 is 2.41 bits per heavy atom. The van der Waals surface area contributed by atoms with E-state index in [1.165, 1.54) is 11.8 Å². The number of benzene rings is 1. The predicted molar refractivity (Wildman–Crippen MR) is 68.4 cm³/mol. The summed E-state index contributed by atoms with van der Waals surface area (Å²) in [5.41, 5.74) is 1.90. The average molecular weight is 246 g/mol. The van der Waals surface area contributed by atoms with E-state index in [0.717, 1.165) is 16.6 Å². The van der Waals surface area contributed by atoms with Crippen molar-refractivity contribution in [3.05, 3.63) is 24.4 Å². The molecule has 0 atom stereocenters. The second kappa shape index (κ2) is 3.89. The predicted octanol–water partition coefficient (Wildman–Crippen LogP) is 1.42. The zero-order chi connectivity index (χ0) is 11.8. The number of aromatic nitrogens is 2. The van der Waals surface area contributed by atoms with E-state index in [2.05, 4.69) is 15.4 Å². The molecular formula is C11H10N4OS. The number of nitrogens with one attached hydrogen (secondary N) is 1. The molecule has 1 aromatic carbocycles. The van der Waals surface area contributed by atoms with Crippen LogP contribution in [0.25, 0.3) is 10.9 Å². The van der Waals surface area contributed by atoms with Gasteiger partial charge in [-0.2, -0.15) is 5.10 Å². The molecule has 17 heavy (non-hydrogen) atoms. The van der Waals surface area contributed by atoms with Crippen molar-refractivity contribution in [1.29, 1.82) is 0 Å². The van der Waals surface area contributed by atoms with Gasteiger partial charge in [-0.25, -0.2) is 4.99 Å². The Labute approximate surface area is 102 Å². The van der Waals surface area contributed by atoms with Gasteiger partial charge in [-0.15, -0.1) is 0 Å². The number of aliphatic imine (C=N–C) groups is 1. The van der Waals surface area contributed by atoms with E-state index in [1.807, 2.05) is 29.9 Å². The number of amidine groups is 1. The van der Waals surface area contributed by atoms with Gasteiger partial charge in [0.1, 0.15) is 0 Å². The highest BCUT2D eigenvalue weighted by Gasteiger charge is 2.16. The summed E-state index contributed by atoms with van der Waals surface area (Å²) in [6.45, 7) is 0. The number of nitrogens with zero attached hydrogens (tertiary/aromatic N) is 3. The molecule has 1 aromatic heterocycles. The van der Waals surface area contributed by atoms with Crippen LogP contribution in [0.15, 0.2) is 29.4 Å². The Balaban J connectivity index is 1.98. The lowest BCUT2D eigenvalue weighted by Gasteiger charge is -1.98. The lowest BCUT2D eigenvalue weighted by atomic mass is 10.2. The van der Waals surface area contributed by atoms with Crippen molar-refractivity contribution in [2.75, 3.05) is 5.75 Å². The molecule has 0 unspecified atom stereocenters. The highest BCUT2D eigenvalue weighted by Crippen LogP contribution is 2.22. The maximum Gasteiger partial charge on any atom is 0.236 e. The second-order valence-corrected chi connectivity index (χ2v) is 4.73. The quantitative estimate of drug-likeness (QED) is 0.828. The normalized spacial score (nSPS) is 17.9. The van der Waals surface area contributed by atoms with E-state index >= 15 is 0 Å². The van der Waals surface area contributed by atoms with Gasteiger partial charge in [0.25, 0.3) is 0 Å². The molecule has 0 radical (unpaired) electrons. The number of thioether (sulfide) groups is 1. The van der Waals surface area contributed by atoms with Crippen molar-refractivity contribution >= 4 is 39.4 Å².